The van der Waals surface area contributed by atoms with Crippen LogP contribution in [-0.4, -0.2) is 18.6 Å². The van der Waals surface area contributed by atoms with Crippen molar-refractivity contribution in [1.29, 1.82) is 0 Å². The lowest BCUT2D eigenvalue weighted by Gasteiger charge is -2.57. The maximum absolute atomic E-state index is 10.8. The summed E-state index contributed by atoms with van der Waals surface area (Å²) in [6.45, 7) is 3.41. The highest BCUT2D eigenvalue weighted by Crippen LogP contribution is 2.60. The van der Waals surface area contributed by atoms with Crippen LogP contribution < -0.4 is 15.8 Å². The van der Waals surface area contributed by atoms with E-state index in [0.29, 0.717) is 17.2 Å². The fourth-order valence-electron chi connectivity index (χ4n) is 6.17. The van der Waals surface area contributed by atoms with Gasteiger partial charge in [-0.2, -0.15) is 0 Å². The second-order valence-electron chi connectivity index (χ2n) is 8.91. The quantitative estimate of drug-likeness (QED) is 0.797. The van der Waals surface area contributed by atoms with Crippen LogP contribution in [0.5, 0.6) is 5.75 Å². The molecule has 136 valence electrons. The van der Waals surface area contributed by atoms with Crippen LogP contribution in [0.1, 0.15) is 51.0 Å². The highest BCUT2D eigenvalue weighted by Gasteiger charge is 2.54. The van der Waals surface area contributed by atoms with E-state index in [0.717, 1.165) is 24.3 Å². The molecule has 0 spiro atoms. The van der Waals surface area contributed by atoms with Gasteiger partial charge in [0.2, 0.25) is 0 Å². The number of carbonyl (C=O) groups is 1. The molecule has 1 atom stereocenters. The third kappa shape index (κ3) is 3.55. The van der Waals surface area contributed by atoms with E-state index in [1.54, 1.807) is 0 Å². The van der Waals surface area contributed by atoms with E-state index in [4.69, 9.17) is 10.5 Å². The maximum atomic E-state index is 10.8. The molecule has 0 radical (unpaired) electrons. The van der Waals surface area contributed by atoms with Gasteiger partial charge in [-0.25, -0.2) is 0 Å². The summed E-state index contributed by atoms with van der Waals surface area (Å²) in [5.74, 6) is 3.31. The van der Waals surface area contributed by atoms with Crippen LogP contribution in [0, 0.1) is 23.2 Å². The second kappa shape index (κ2) is 6.64. The molecule has 4 fully saturated rings. The van der Waals surface area contributed by atoms with Crippen molar-refractivity contribution in [2.45, 2.75) is 58.0 Å². The molecular formula is C21H31N2O2+. The first-order valence-corrected chi connectivity index (χ1v) is 9.86. The zero-order valence-corrected chi connectivity index (χ0v) is 15.2. The van der Waals surface area contributed by atoms with E-state index in [1.807, 2.05) is 12.1 Å². The molecule has 4 N–H and O–H groups in total. The van der Waals surface area contributed by atoms with Crippen LogP contribution in [0.15, 0.2) is 24.3 Å². The Bertz CT molecular complexity index is 590. The number of benzene rings is 1. The summed E-state index contributed by atoms with van der Waals surface area (Å²) in [4.78, 5) is 10.8. The lowest BCUT2D eigenvalue weighted by atomic mass is 9.48. The molecule has 4 heteroatoms. The van der Waals surface area contributed by atoms with Gasteiger partial charge in [-0.1, -0.05) is 0 Å². The predicted octanol–water partition coefficient (Wildman–Crippen LogP) is 2.22. The number of hydrogen-bond donors (Lipinski definition) is 2. The Kier molecular flexibility index (Phi) is 4.48. The van der Waals surface area contributed by atoms with Crippen molar-refractivity contribution in [1.82, 2.24) is 0 Å². The number of hydrogen-bond acceptors (Lipinski definition) is 2. The number of ether oxygens (including phenoxy) is 1. The van der Waals surface area contributed by atoms with Crippen LogP contribution >= 0.6 is 0 Å². The Morgan fingerprint density at radius 3 is 2.24 bits per heavy atom. The molecule has 1 amide bonds. The molecular weight excluding hydrogens is 312 g/mol. The van der Waals surface area contributed by atoms with Gasteiger partial charge in [-0.3, -0.25) is 4.79 Å². The topological polar surface area (TPSA) is 68.9 Å². The molecule has 5 rings (SSSR count). The van der Waals surface area contributed by atoms with Gasteiger partial charge in [0.1, 0.15) is 12.3 Å². The van der Waals surface area contributed by atoms with Gasteiger partial charge in [0.05, 0.1) is 6.04 Å². The Morgan fingerprint density at radius 2 is 1.72 bits per heavy atom. The highest BCUT2D eigenvalue weighted by molar-refractivity contribution is 5.75. The summed E-state index contributed by atoms with van der Waals surface area (Å²) in [5, 5.41) is 2.55. The molecule has 0 unspecified atom stereocenters. The summed E-state index contributed by atoms with van der Waals surface area (Å²) in [6.07, 6.45) is 8.94. The molecule has 25 heavy (non-hydrogen) atoms. The van der Waals surface area contributed by atoms with Crippen molar-refractivity contribution < 1.29 is 14.8 Å². The van der Waals surface area contributed by atoms with Crippen molar-refractivity contribution in [3.63, 3.8) is 0 Å². The summed E-state index contributed by atoms with van der Waals surface area (Å²) >= 11 is 0. The number of quaternary nitrogens is 1. The monoisotopic (exact) mass is 343 g/mol. The average molecular weight is 343 g/mol. The third-order valence-electron chi connectivity index (χ3n) is 7.06. The minimum Gasteiger partial charge on any atom is -0.484 e. The van der Waals surface area contributed by atoms with Crippen molar-refractivity contribution in [2.24, 2.45) is 28.9 Å². The lowest BCUT2D eigenvalue weighted by molar-refractivity contribution is -0.717. The van der Waals surface area contributed by atoms with E-state index < -0.39 is 5.91 Å². The minimum absolute atomic E-state index is 0.0610. The van der Waals surface area contributed by atoms with Crippen molar-refractivity contribution in [3.8, 4) is 5.75 Å². The molecule has 0 aliphatic heterocycles. The molecule has 1 aromatic carbocycles. The summed E-state index contributed by atoms with van der Waals surface area (Å²) in [5.41, 5.74) is 7.01. The number of amides is 1. The smallest absolute Gasteiger partial charge is 0.255 e. The van der Waals surface area contributed by atoms with Crippen LogP contribution in [0.3, 0.4) is 0 Å². The Hall–Kier alpha value is -1.55. The third-order valence-corrected chi connectivity index (χ3v) is 7.06. The number of nitrogens with two attached hydrogens (primary N) is 2. The second-order valence-corrected chi connectivity index (χ2v) is 8.91. The first kappa shape index (κ1) is 16.9. The van der Waals surface area contributed by atoms with Gasteiger partial charge in [-0.05, 0) is 87.5 Å². The molecule has 4 saturated carbocycles. The molecule has 0 saturated heterocycles. The van der Waals surface area contributed by atoms with Gasteiger partial charge >= 0.3 is 0 Å². The first-order valence-electron chi connectivity index (χ1n) is 9.86. The van der Waals surface area contributed by atoms with Crippen LogP contribution in [0.25, 0.3) is 0 Å². The Labute approximate surface area is 150 Å². The first-order chi connectivity index (χ1) is 12.0. The lowest BCUT2D eigenvalue weighted by Crippen LogP contribution is -2.91. The van der Waals surface area contributed by atoms with E-state index in [9.17, 15) is 4.79 Å². The van der Waals surface area contributed by atoms with Crippen LogP contribution in [0.2, 0.25) is 0 Å². The Balaban J connectivity index is 1.33. The minimum atomic E-state index is -0.443. The van der Waals surface area contributed by atoms with Crippen LogP contribution in [0.4, 0.5) is 0 Å². The van der Waals surface area contributed by atoms with E-state index in [2.05, 4.69) is 24.4 Å². The summed E-state index contributed by atoms with van der Waals surface area (Å²) in [6, 6.07) is 8.76. The van der Waals surface area contributed by atoms with Crippen molar-refractivity contribution in [3.05, 3.63) is 29.8 Å². The normalized spacial score (nSPS) is 34.0. The fourth-order valence-corrected chi connectivity index (χ4v) is 6.17. The van der Waals surface area contributed by atoms with Gasteiger partial charge in [0.25, 0.3) is 5.91 Å². The zero-order valence-electron chi connectivity index (χ0n) is 15.2. The van der Waals surface area contributed by atoms with Crippen LogP contribution in [-0.2, 0) is 11.3 Å². The highest BCUT2D eigenvalue weighted by atomic mass is 16.5. The molecule has 4 aliphatic carbocycles. The molecule has 4 bridgehead atoms. The molecule has 4 aliphatic rings. The van der Waals surface area contributed by atoms with Gasteiger partial charge in [-0.15, -0.1) is 0 Å². The molecule has 1 aromatic rings. The largest absolute Gasteiger partial charge is 0.484 e. The number of rotatable bonds is 7. The number of primary amides is 1. The Morgan fingerprint density at radius 1 is 1.16 bits per heavy atom. The summed E-state index contributed by atoms with van der Waals surface area (Å²) < 4.78 is 5.33. The van der Waals surface area contributed by atoms with Crippen molar-refractivity contribution in [2.75, 3.05) is 6.61 Å². The van der Waals surface area contributed by atoms with Gasteiger partial charge in [0, 0.05) is 11.0 Å². The number of carbonyl (C=O) groups excluding carboxylic acids is 1. The van der Waals surface area contributed by atoms with E-state index in [1.165, 1.54) is 44.1 Å². The van der Waals surface area contributed by atoms with Crippen molar-refractivity contribution >= 4 is 5.91 Å². The zero-order chi connectivity index (χ0) is 17.4. The van der Waals surface area contributed by atoms with E-state index >= 15 is 0 Å². The standard InChI is InChI=1S/C21H30N2O2/c1-14(21-9-16-6-17(10-21)8-18(7-16)11-21)23-12-15-2-4-19(5-3-15)25-13-20(22)24/h2-5,14,16-18,23H,6-13H2,1H3,(H2,22,24)/p+1/t14-,16?,17?,18?,21?/m0/s1. The average Bonchev–Trinajstić information content (AvgIpc) is 2.57. The fraction of sp³-hybridized carbons (Fsp3) is 0.667. The molecule has 4 nitrogen and oxygen atoms in total. The predicted molar refractivity (Wildman–Crippen MR) is 96.8 cm³/mol. The van der Waals surface area contributed by atoms with Gasteiger partial charge < -0.3 is 15.8 Å². The summed E-state index contributed by atoms with van der Waals surface area (Å²) in [7, 11) is 0. The van der Waals surface area contributed by atoms with Gasteiger partial charge in [0.15, 0.2) is 6.61 Å². The molecule has 0 aromatic heterocycles. The molecule has 0 heterocycles. The maximum Gasteiger partial charge on any atom is 0.255 e. The van der Waals surface area contributed by atoms with E-state index in [-0.39, 0.29) is 6.61 Å². The SMILES string of the molecule is C[C@H]([NH2+]Cc1ccc(OCC(N)=O)cc1)C12CC3CC(CC(C3)C1)C2.